The van der Waals surface area contributed by atoms with Gasteiger partial charge < -0.3 is 56.0 Å². The zero-order chi connectivity index (χ0) is 57.0. The van der Waals surface area contributed by atoms with Crippen LogP contribution in [0.5, 0.6) is 17.2 Å². The minimum atomic E-state index is -1.47. The molecule has 3 aliphatic heterocycles. The van der Waals surface area contributed by atoms with Crippen LogP contribution in [0.4, 0.5) is 5.82 Å². The van der Waals surface area contributed by atoms with Crippen molar-refractivity contribution in [2.24, 2.45) is 17.8 Å². The van der Waals surface area contributed by atoms with Crippen LogP contribution in [0.2, 0.25) is 0 Å². The normalized spacial score (nSPS) is 26.8. The highest BCUT2D eigenvalue weighted by atomic mass is 16.5. The molecule has 8 atom stereocenters. The van der Waals surface area contributed by atoms with Crippen molar-refractivity contribution in [3.63, 3.8) is 0 Å². The summed E-state index contributed by atoms with van der Waals surface area (Å²) in [5, 5.41) is 81.9. The van der Waals surface area contributed by atoms with Gasteiger partial charge in [0.15, 0.2) is 17.3 Å². The molecule has 10 N–H and O–H groups in total. The predicted molar refractivity (Wildman–Crippen MR) is 320 cm³/mol. The molecule has 4 aliphatic carbocycles. The van der Waals surface area contributed by atoms with Gasteiger partial charge in [-0.3, -0.25) is 9.59 Å². The molecule has 0 amide bonds. The number of aromatic nitrogens is 2. The molecule has 8 bridgehead atoms. The van der Waals surface area contributed by atoms with E-state index in [9.17, 15) is 30.6 Å². The van der Waals surface area contributed by atoms with E-state index in [0.717, 1.165) is 102 Å². The van der Waals surface area contributed by atoms with Crippen molar-refractivity contribution in [3.05, 3.63) is 164 Å². The number of aromatic amines is 2. The predicted octanol–water partition coefficient (Wildman–Crippen LogP) is 10.2. The maximum Gasteiger partial charge on any atom is 0.163 e. The van der Waals surface area contributed by atoms with Crippen LogP contribution in [-0.2, 0) is 40.7 Å². The minimum absolute atomic E-state index is 0.0753. The van der Waals surface area contributed by atoms with Crippen LogP contribution in [0.25, 0.3) is 23.3 Å². The number of aliphatic hydroxyl groups is 4. The van der Waals surface area contributed by atoms with Crippen molar-refractivity contribution >= 4 is 29.5 Å². The number of benzene rings is 4. The van der Waals surface area contributed by atoms with Gasteiger partial charge in [0.25, 0.3) is 0 Å². The molecule has 0 radical (unpaired) electrons. The average molecular weight is 1120 g/mol. The van der Waals surface area contributed by atoms with E-state index in [1.165, 1.54) is 0 Å². The largest absolute Gasteiger partial charge is 0.507 e. The first-order chi connectivity index (χ1) is 40.4. The van der Waals surface area contributed by atoms with Crippen LogP contribution in [-0.4, -0.2) is 95.7 Å². The van der Waals surface area contributed by atoms with Gasteiger partial charge >= 0.3 is 0 Å². The highest BCUT2D eigenvalue weighted by molar-refractivity contribution is 6.05. The Labute approximate surface area is 485 Å². The van der Waals surface area contributed by atoms with E-state index in [4.69, 9.17) is 4.74 Å². The fourth-order valence-electron chi connectivity index (χ4n) is 15.5. The molecule has 2 aromatic heterocycles. The number of ketones is 2. The summed E-state index contributed by atoms with van der Waals surface area (Å²) in [4.78, 5) is 38.6. The lowest BCUT2D eigenvalue weighted by Crippen LogP contribution is -2.46. The van der Waals surface area contributed by atoms with Gasteiger partial charge in [0.2, 0.25) is 0 Å². The lowest BCUT2D eigenvalue weighted by Gasteiger charge is -2.41. The molecule has 5 heterocycles. The first-order valence-electron chi connectivity index (χ1n) is 30.5. The Morgan fingerprint density at radius 2 is 1.57 bits per heavy atom. The molecule has 83 heavy (non-hydrogen) atoms. The monoisotopic (exact) mass is 1120 g/mol. The summed E-state index contributed by atoms with van der Waals surface area (Å²) in [6.45, 7) is 0.585. The fraction of sp³-hybridized carbons (Fsp3) is 0.429. The van der Waals surface area contributed by atoms with E-state index in [-0.39, 0.29) is 60.4 Å². The SMILES string of the molecule is O=C1CCc2cc(OC3CCCC3)c(O)c(c2)[C@@H](O)c2cc3c4cc2-c2ccccc2CCCNC[C@@H](C#C[C@@H](Nc2[nH]ccc2C3)C2=Cc3[nH]ccc3[C@@H](C[C@@]3(O)C=Cc5c(O)cccc5CC3)[C@H]2C(=O)[C@H]1CCO)[C@H](O)C41CCCC1. The highest BCUT2D eigenvalue weighted by Crippen LogP contribution is 2.53. The molecule has 13 heteroatoms. The smallest absolute Gasteiger partial charge is 0.163 e. The van der Waals surface area contributed by atoms with Crippen molar-refractivity contribution in [2.75, 3.05) is 25.0 Å². The molecule has 1 spiro atoms. The lowest BCUT2D eigenvalue weighted by atomic mass is 9.65. The van der Waals surface area contributed by atoms with E-state index >= 15 is 9.59 Å². The van der Waals surface area contributed by atoms with E-state index in [0.29, 0.717) is 73.3 Å². The van der Waals surface area contributed by atoms with Crippen molar-refractivity contribution in [3.8, 4) is 40.2 Å². The molecule has 6 aromatic rings. The Bertz CT molecular complexity index is 3590. The number of anilines is 1. The number of carbonyl (C=O) groups is 2. The molecule has 13 rings (SSSR count). The number of aromatic hydroxyl groups is 2. The second kappa shape index (κ2) is 22.8. The van der Waals surface area contributed by atoms with Gasteiger partial charge in [-0.15, -0.1) is 0 Å². The third kappa shape index (κ3) is 10.3. The standard InChI is InChI=1S/C70H76N4O9/c75-32-24-51-61(77)19-16-41-33-55(65(79)62(34-41)83-47-12-2-3-13-47)64(78)53-36-46-35-44-22-30-73-68(44)74-58(18-17-45-40-71-29-8-11-42-9-1-4-14-48(42)52(53)37-57(46)70(67(45)81)25-5-6-26-70)54-38-59-50(23-31-72-59)56(63(54)66(51)80)39-69(82)27-20-43-10-7-15-60(76)49(43)21-28-69/h1,4,7,9-10,14-15,21-23,28,30-31,33-34,36-38,45,47,51,56,58,63-64,67,71-76,78-79,81-82H,2-3,5-6,8,11-13,16,19-20,24-27,29,32,35,39-40H2/t45-,51+,56-,58-,63+,64+,67+,69+/m1/s1. The lowest BCUT2D eigenvalue weighted by molar-refractivity contribution is -0.135. The quantitative estimate of drug-likeness (QED) is 0.0559. The molecule has 4 aromatic carbocycles. The first-order valence-corrected chi connectivity index (χ1v) is 30.5. The maximum atomic E-state index is 16.4. The van der Waals surface area contributed by atoms with Crippen molar-refractivity contribution in [1.29, 1.82) is 0 Å². The topological polar surface area (TPSA) is 220 Å². The number of phenols is 2. The van der Waals surface area contributed by atoms with E-state index in [1.807, 2.05) is 42.7 Å². The van der Waals surface area contributed by atoms with Gasteiger partial charge in [-0.1, -0.05) is 79.3 Å². The van der Waals surface area contributed by atoms with Gasteiger partial charge in [-0.25, -0.2) is 0 Å². The Hall–Kier alpha value is -7.18. The Balaban J connectivity index is 1.06. The number of phenolic OH excluding ortho intramolecular Hbond substituents is 2. The summed E-state index contributed by atoms with van der Waals surface area (Å²) >= 11 is 0. The summed E-state index contributed by atoms with van der Waals surface area (Å²) in [6, 6.07) is 24.7. The van der Waals surface area contributed by atoms with E-state index in [2.05, 4.69) is 62.8 Å². The molecule has 7 aliphatic rings. The molecule has 0 saturated heterocycles. The number of hydrogen-bond acceptors (Lipinski definition) is 11. The summed E-state index contributed by atoms with van der Waals surface area (Å²) in [6.07, 6.45) is 16.1. The van der Waals surface area contributed by atoms with Gasteiger partial charge in [0.1, 0.15) is 29.5 Å². The summed E-state index contributed by atoms with van der Waals surface area (Å²) in [5.41, 5.74) is 8.59. The van der Waals surface area contributed by atoms with Crippen LogP contribution >= 0.6 is 0 Å². The maximum absolute atomic E-state index is 16.4. The van der Waals surface area contributed by atoms with Crippen LogP contribution < -0.4 is 15.4 Å². The number of carbonyl (C=O) groups excluding carboxylic acids is 2. The number of hydrogen-bond donors (Lipinski definition) is 10. The number of aliphatic hydroxyl groups excluding tert-OH is 3. The highest BCUT2D eigenvalue weighted by Gasteiger charge is 2.49. The summed E-state index contributed by atoms with van der Waals surface area (Å²) in [7, 11) is 0. The zero-order valence-electron chi connectivity index (χ0n) is 47.1. The molecular weight excluding hydrogens is 1040 g/mol. The van der Waals surface area contributed by atoms with Crippen LogP contribution in [0.1, 0.15) is 157 Å². The number of nitrogens with one attached hydrogen (secondary N) is 4. The average Bonchev–Trinajstić information content (AvgIpc) is 2.79. The van der Waals surface area contributed by atoms with Gasteiger partial charge in [-0.05, 0) is 194 Å². The van der Waals surface area contributed by atoms with E-state index < -0.39 is 65.3 Å². The number of fused-ring (bicyclic) bond motifs is 13. The molecular formula is C70H76N4O9. The van der Waals surface area contributed by atoms with E-state index in [1.54, 1.807) is 36.4 Å². The van der Waals surface area contributed by atoms with Gasteiger partial charge in [-0.2, -0.15) is 0 Å². The molecule has 2 saturated carbocycles. The third-order valence-corrected chi connectivity index (χ3v) is 19.9. The van der Waals surface area contributed by atoms with Gasteiger partial charge in [0, 0.05) is 72.5 Å². The van der Waals surface area contributed by atoms with Crippen molar-refractivity contribution in [1.82, 2.24) is 15.3 Å². The second-order valence-electron chi connectivity index (χ2n) is 24.9. The number of rotatable bonds is 6. The van der Waals surface area contributed by atoms with Crippen molar-refractivity contribution < 1.29 is 45.0 Å². The second-order valence-corrected chi connectivity index (χ2v) is 24.9. The number of Topliss-reactive ketones (excluding diaryl/α,β-unsaturated/α-hetero) is 2. The minimum Gasteiger partial charge on any atom is -0.507 e. The van der Waals surface area contributed by atoms with Gasteiger partial charge in [0.05, 0.1) is 29.6 Å². The Morgan fingerprint density at radius 1 is 0.747 bits per heavy atom. The number of H-pyrrole nitrogens is 2. The molecule has 430 valence electrons. The van der Waals surface area contributed by atoms with Crippen LogP contribution in [0.15, 0.2) is 103 Å². The van der Waals surface area contributed by atoms with Crippen LogP contribution in [0.3, 0.4) is 0 Å². The zero-order valence-corrected chi connectivity index (χ0v) is 47.1. The number of ether oxygens (including phenoxy) is 1. The summed E-state index contributed by atoms with van der Waals surface area (Å²) in [5.74, 6) is 3.79. The molecule has 13 nitrogen and oxygen atoms in total. The van der Waals surface area contributed by atoms with Crippen molar-refractivity contribution in [2.45, 2.75) is 150 Å². The summed E-state index contributed by atoms with van der Waals surface area (Å²) < 4.78 is 6.66. The van der Waals surface area contributed by atoms with Crippen LogP contribution in [0, 0.1) is 29.6 Å². The third-order valence-electron chi connectivity index (χ3n) is 19.9. The first kappa shape index (κ1) is 55.0. The fourth-order valence-corrected chi connectivity index (χ4v) is 15.5. The number of aryl methyl sites for hydroxylation is 3. The Morgan fingerprint density at radius 3 is 2.41 bits per heavy atom. The Kier molecular flexibility index (Phi) is 15.1. The molecule has 2 fully saturated rings. The molecule has 0 unspecified atom stereocenters.